The van der Waals surface area contributed by atoms with E-state index in [-0.39, 0.29) is 5.69 Å². The van der Waals surface area contributed by atoms with Crippen LogP contribution in [0, 0.1) is 10.1 Å². The van der Waals surface area contributed by atoms with Gasteiger partial charge in [0.05, 0.1) is 45.9 Å². The molecular weight excluding hydrogens is 566 g/mol. The lowest BCUT2D eigenvalue weighted by Crippen LogP contribution is -2.01. The van der Waals surface area contributed by atoms with Crippen molar-refractivity contribution in [3.63, 3.8) is 0 Å². The standard InChI is InChI=1S/C17H14N2O4.C16H13NO2S/c1-23-13-6-7-14-15(8-9-18-16(14)10-13)17(20)11-2-4-12(5-3-11)19(21)22;1-19-12-7-8-14-15(11-12)17-10-9-16(14)20(18)13-5-3-2-4-6-13/h2-10,17,20H,1H3;2-11H,1H3. The molecule has 0 fully saturated rings. The number of fused-ring (bicyclic) bond motifs is 2. The number of ether oxygens (including phenoxy) is 2. The molecule has 0 radical (unpaired) electrons. The highest BCUT2D eigenvalue weighted by atomic mass is 32.2. The minimum atomic E-state index is -1.21. The Hall–Kier alpha value is -5.19. The lowest BCUT2D eigenvalue weighted by atomic mass is 9.98. The van der Waals surface area contributed by atoms with Crippen molar-refractivity contribution < 1.29 is 23.7 Å². The number of rotatable bonds is 7. The van der Waals surface area contributed by atoms with Crippen LogP contribution in [0.1, 0.15) is 17.2 Å². The van der Waals surface area contributed by atoms with Gasteiger partial charge in [-0.2, -0.15) is 0 Å². The van der Waals surface area contributed by atoms with Crippen LogP contribution in [-0.2, 0) is 10.8 Å². The van der Waals surface area contributed by atoms with Crippen LogP contribution >= 0.6 is 0 Å². The topological polar surface area (TPSA) is 125 Å². The molecule has 2 heterocycles. The maximum atomic E-state index is 12.7. The number of aliphatic hydroxyl groups is 1. The maximum Gasteiger partial charge on any atom is 0.269 e. The zero-order chi connectivity index (χ0) is 30.3. The molecule has 0 saturated carbocycles. The van der Waals surface area contributed by atoms with Gasteiger partial charge in [-0.3, -0.25) is 20.1 Å². The monoisotopic (exact) mass is 593 g/mol. The van der Waals surface area contributed by atoms with Gasteiger partial charge in [0.1, 0.15) is 17.6 Å². The molecule has 216 valence electrons. The quantitative estimate of drug-likeness (QED) is 0.161. The zero-order valence-corrected chi connectivity index (χ0v) is 24.1. The van der Waals surface area contributed by atoms with E-state index in [1.165, 1.54) is 12.1 Å². The summed E-state index contributed by atoms with van der Waals surface area (Å²) in [4.78, 5) is 20.4. The Morgan fingerprint density at radius 1 is 0.767 bits per heavy atom. The fraction of sp³-hybridized carbons (Fsp3) is 0.0909. The molecule has 9 nitrogen and oxygen atoms in total. The highest BCUT2D eigenvalue weighted by Crippen LogP contribution is 2.31. The smallest absolute Gasteiger partial charge is 0.269 e. The van der Waals surface area contributed by atoms with Gasteiger partial charge < -0.3 is 14.6 Å². The molecule has 1 N–H and O–H groups in total. The zero-order valence-electron chi connectivity index (χ0n) is 23.3. The van der Waals surface area contributed by atoms with Crippen LogP contribution in [0.15, 0.2) is 125 Å². The largest absolute Gasteiger partial charge is 0.497 e. The maximum absolute atomic E-state index is 12.7. The van der Waals surface area contributed by atoms with Gasteiger partial charge in [0.15, 0.2) is 0 Å². The Labute approximate surface area is 250 Å². The average molecular weight is 594 g/mol. The van der Waals surface area contributed by atoms with E-state index in [1.54, 1.807) is 63.0 Å². The van der Waals surface area contributed by atoms with Crippen molar-refractivity contribution in [3.05, 3.63) is 137 Å². The summed E-state index contributed by atoms with van der Waals surface area (Å²) in [6, 6.07) is 29.9. The van der Waals surface area contributed by atoms with Crippen molar-refractivity contribution >= 4 is 38.3 Å². The second-order valence-electron chi connectivity index (χ2n) is 9.31. The molecule has 0 spiro atoms. The molecular formula is C33H27N3O6S. The summed E-state index contributed by atoms with van der Waals surface area (Å²) in [6.07, 6.45) is 2.40. The Kier molecular flexibility index (Phi) is 8.99. The first kappa shape index (κ1) is 29.3. The number of benzene rings is 4. The van der Waals surface area contributed by atoms with Gasteiger partial charge in [0.2, 0.25) is 0 Å². The third-order valence-electron chi connectivity index (χ3n) is 6.76. The number of nitro benzene ring substituents is 1. The Morgan fingerprint density at radius 3 is 1.95 bits per heavy atom. The molecule has 2 atom stereocenters. The van der Waals surface area contributed by atoms with Crippen molar-refractivity contribution in [1.82, 2.24) is 9.97 Å². The van der Waals surface area contributed by atoms with Crippen molar-refractivity contribution in [1.29, 1.82) is 0 Å². The highest BCUT2D eigenvalue weighted by molar-refractivity contribution is 7.85. The fourth-order valence-corrected chi connectivity index (χ4v) is 5.75. The second kappa shape index (κ2) is 13.2. The first-order valence-corrected chi connectivity index (χ1v) is 14.3. The molecule has 43 heavy (non-hydrogen) atoms. The van der Waals surface area contributed by atoms with Gasteiger partial charge >= 0.3 is 0 Å². The van der Waals surface area contributed by atoms with Gasteiger partial charge in [0.25, 0.3) is 5.69 Å². The third-order valence-corrected chi connectivity index (χ3v) is 8.22. The van der Waals surface area contributed by atoms with E-state index in [0.717, 1.165) is 31.8 Å². The lowest BCUT2D eigenvalue weighted by Gasteiger charge is -2.14. The van der Waals surface area contributed by atoms with Crippen LogP contribution < -0.4 is 9.47 Å². The van der Waals surface area contributed by atoms with Gasteiger partial charge in [-0.1, -0.05) is 18.2 Å². The van der Waals surface area contributed by atoms with E-state index in [1.807, 2.05) is 54.6 Å². The first-order chi connectivity index (χ1) is 20.9. The van der Waals surface area contributed by atoms with Gasteiger partial charge in [-0.05, 0) is 71.8 Å². The molecule has 4 aromatic carbocycles. The van der Waals surface area contributed by atoms with E-state index >= 15 is 0 Å². The van der Waals surface area contributed by atoms with E-state index in [2.05, 4.69) is 9.97 Å². The van der Waals surface area contributed by atoms with Crippen molar-refractivity contribution in [2.24, 2.45) is 0 Å². The molecule has 0 aliphatic heterocycles. The summed E-state index contributed by atoms with van der Waals surface area (Å²) >= 11 is 0. The predicted octanol–water partition coefficient (Wildman–Crippen LogP) is 6.64. The number of aromatic nitrogens is 2. The van der Waals surface area contributed by atoms with E-state index in [4.69, 9.17) is 9.47 Å². The van der Waals surface area contributed by atoms with Crippen molar-refractivity contribution in [3.8, 4) is 11.5 Å². The van der Waals surface area contributed by atoms with E-state index in [0.29, 0.717) is 22.4 Å². The van der Waals surface area contributed by atoms with Gasteiger partial charge in [-0.15, -0.1) is 0 Å². The first-order valence-electron chi connectivity index (χ1n) is 13.1. The van der Waals surface area contributed by atoms with E-state index < -0.39 is 21.8 Å². The second-order valence-corrected chi connectivity index (χ2v) is 10.8. The minimum absolute atomic E-state index is 0.00901. The number of pyridine rings is 2. The molecule has 0 aliphatic carbocycles. The molecule has 2 aromatic heterocycles. The van der Waals surface area contributed by atoms with Gasteiger partial charge in [0, 0.05) is 52.3 Å². The number of non-ortho nitro benzene ring substituents is 1. The number of nitrogens with zero attached hydrogens (tertiary/aromatic N) is 3. The normalized spacial score (nSPS) is 12.2. The predicted molar refractivity (Wildman–Crippen MR) is 165 cm³/mol. The molecule has 10 heteroatoms. The Balaban J connectivity index is 0.000000173. The molecule has 2 unspecified atom stereocenters. The van der Waals surface area contributed by atoms with Crippen LogP contribution in [-0.4, -0.2) is 38.4 Å². The number of aliphatic hydroxyl groups excluding tert-OH is 1. The lowest BCUT2D eigenvalue weighted by molar-refractivity contribution is -0.384. The molecule has 6 rings (SSSR count). The Bertz CT molecular complexity index is 1920. The molecule has 0 amide bonds. The molecule has 0 saturated heterocycles. The van der Waals surface area contributed by atoms with Crippen molar-refractivity contribution in [2.75, 3.05) is 14.2 Å². The summed E-state index contributed by atoms with van der Waals surface area (Å²) in [5.41, 5.74) is 2.75. The molecule has 6 aromatic rings. The summed E-state index contributed by atoms with van der Waals surface area (Å²) in [5, 5.41) is 23.0. The third kappa shape index (κ3) is 6.50. The summed E-state index contributed by atoms with van der Waals surface area (Å²) in [7, 11) is 1.99. The summed E-state index contributed by atoms with van der Waals surface area (Å²) < 4.78 is 23.0. The Morgan fingerprint density at radius 2 is 1.35 bits per heavy atom. The number of nitro groups is 1. The van der Waals surface area contributed by atoms with Gasteiger partial charge in [-0.25, -0.2) is 4.21 Å². The number of hydrogen-bond acceptors (Lipinski definition) is 8. The SMILES string of the molecule is COc1ccc2c(C(O)c3ccc([N+](=O)[O-])cc3)ccnc2c1.COc1ccc2c(S(=O)c3ccccc3)ccnc2c1. The number of hydrogen-bond donors (Lipinski definition) is 1. The van der Waals surface area contributed by atoms with Crippen LogP contribution in [0.5, 0.6) is 11.5 Å². The average Bonchev–Trinajstić information content (AvgIpc) is 3.07. The van der Waals surface area contributed by atoms with E-state index in [9.17, 15) is 19.4 Å². The summed E-state index contributed by atoms with van der Waals surface area (Å²) in [5.74, 6) is 1.43. The van der Waals surface area contributed by atoms with Crippen LogP contribution in [0.4, 0.5) is 5.69 Å². The minimum Gasteiger partial charge on any atom is -0.497 e. The van der Waals surface area contributed by atoms with Crippen LogP contribution in [0.3, 0.4) is 0 Å². The highest BCUT2D eigenvalue weighted by Gasteiger charge is 2.16. The molecule has 0 bridgehead atoms. The summed E-state index contributed by atoms with van der Waals surface area (Å²) in [6.45, 7) is 0. The van der Waals surface area contributed by atoms with Crippen LogP contribution in [0.25, 0.3) is 21.8 Å². The molecule has 0 aliphatic rings. The fourth-order valence-electron chi connectivity index (χ4n) is 4.53. The number of methoxy groups -OCH3 is 2. The van der Waals surface area contributed by atoms with Crippen LogP contribution in [0.2, 0.25) is 0 Å². The van der Waals surface area contributed by atoms with Crippen molar-refractivity contribution in [2.45, 2.75) is 15.9 Å².